The molecule has 0 spiro atoms. The summed E-state index contributed by atoms with van der Waals surface area (Å²) >= 11 is 0.972. The molecule has 0 aliphatic carbocycles. The van der Waals surface area contributed by atoms with Crippen molar-refractivity contribution in [2.45, 2.75) is 0 Å². The molecule has 16 heavy (non-hydrogen) atoms. The molecule has 0 aromatic carbocycles. The van der Waals surface area contributed by atoms with E-state index in [9.17, 15) is 0 Å². The van der Waals surface area contributed by atoms with Gasteiger partial charge in [-0.3, -0.25) is 18.2 Å². The van der Waals surface area contributed by atoms with E-state index in [-0.39, 0.29) is 54.8 Å². The number of rotatable bonds is 0. The van der Waals surface area contributed by atoms with Crippen molar-refractivity contribution in [1.29, 1.82) is 0 Å². The van der Waals surface area contributed by atoms with Crippen molar-refractivity contribution in [2.24, 2.45) is 0 Å². The quantitative estimate of drug-likeness (QED) is 0.244. The SMILES string of the molecule is O=S(=O)(O)O.O=S(=O)(O)O.[Cl][Zn].[Cu].[O]=[Zn].[Zn]. The summed E-state index contributed by atoms with van der Waals surface area (Å²) in [5.74, 6) is 0. The number of hydrogen-bond donors (Lipinski definition) is 4. The Kier molecular flexibility index (Phi) is 50.7. The molecule has 0 amide bonds. The monoisotopic (exact) mass is 502 g/mol. The van der Waals surface area contributed by atoms with Crippen LogP contribution in [0.3, 0.4) is 0 Å². The second kappa shape index (κ2) is 22.4. The first-order chi connectivity index (χ1) is 6.00. The molecule has 9 nitrogen and oxygen atoms in total. The third-order valence-corrected chi connectivity index (χ3v) is 0. The van der Waals surface area contributed by atoms with Gasteiger partial charge >= 0.3 is 69.6 Å². The molecule has 94 valence electrons. The zero-order chi connectivity index (χ0) is 13.0. The smallest absolute Gasteiger partial charge is 0 e. The Hall–Kier alpha value is 2.22. The van der Waals surface area contributed by atoms with E-state index in [0.717, 1.165) is 17.3 Å². The van der Waals surface area contributed by atoms with Gasteiger partial charge in [0.1, 0.15) is 0 Å². The van der Waals surface area contributed by atoms with Crippen LogP contribution < -0.4 is 0 Å². The van der Waals surface area contributed by atoms with Gasteiger partial charge in [-0.1, -0.05) is 0 Å². The van der Waals surface area contributed by atoms with Gasteiger partial charge in [0.15, 0.2) is 0 Å². The van der Waals surface area contributed by atoms with Crippen LogP contribution in [0.4, 0.5) is 0 Å². The molecule has 16 heteroatoms. The summed E-state index contributed by atoms with van der Waals surface area (Å²) in [7, 11) is -4.57. The van der Waals surface area contributed by atoms with Crippen LogP contribution in [0.2, 0.25) is 0 Å². The van der Waals surface area contributed by atoms with Crippen LogP contribution in [0.1, 0.15) is 0 Å². The minimum atomic E-state index is -4.67. The minimum Gasteiger partial charge on any atom is 0 e. The zero-order valence-corrected chi connectivity index (χ0v) is 19.7. The molecule has 0 rings (SSSR count). The Bertz CT molecular complexity index is 238. The van der Waals surface area contributed by atoms with Crippen molar-refractivity contribution in [3.05, 3.63) is 0 Å². The van der Waals surface area contributed by atoms with Gasteiger partial charge in [0.2, 0.25) is 0 Å². The van der Waals surface area contributed by atoms with Gasteiger partial charge < -0.3 is 0 Å². The van der Waals surface area contributed by atoms with E-state index >= 15 is 0 Å². The summed E-state index contributed by atoms with van der Waals surface area (Å²) in [5.41, 5.74) is 0. The van der Waals surface area contributed by atoms with E-state index in [1.54, 1.807) is 0 Å². The van der Waals surface area contributed by atoms with Crippen LogP contribution in [-0.4, -0.2) is 35.0 Å². The Labute approximate surface area is 140 Å². The van der Waals surface area contributed by atoms with Crippen molar-refractivity contribution in [3.63, 3.8) is 0 Å². The molecule has 0 bridgehead atoms. The third kappa shape index (κ3) is 763. The van der Waals surface area contributed by atoms with E-state index < -0.39 is 20.8 Å². The van der Waals surface area contributed by atoms with Crippen molar-refractivity contribution >= 4 is 30.5 Å². The van der Waals surface area contributed by atoms with E-state index in [0.29, 0.717) is 0 Å². The molecule has 1 radical (unpaired) electrons. The second-order valence-corrected chi connectivity index (χ2v) is 2.69. The first-order valence-corrected chi connectivity index (χ1v) is 9.86. The predicted molar refractivity (Wildman–Crippen MR) is 34.9 cm³/mol. The fourth-order valence-corrected chi connectivity index (χ4v) is 0. The van der Waals surface area contributed by atoms with E-state index in [2.05, 4.69) is 0 Å². The summed E-state index contributed by atoms with van der Waals surface area (Å²) in [6.45, 7) is 0. The zero-order valence-electron chi connectivity index (χ0n) is 7.45. The van der Waals surface area contributed by atoms with Gasteiger partial charge in [0, 0.05) is 36.5 Å². The van der Waals surface area contributed by atoms with Gasteiger partial charge in [-0.15, -0.1) is 0 Å². The molecule has 0 aliphatic rings. The fourth-order valence-electron chi connectivity index (χ4n) is 0. The summed E-state index contributed by atoms with van der Waals surface area (Å²) in [6.07, 6.45) is 0. The molecular formula is H4ClCuO9S2Zn3. The van der Waals surface area contributed by atoms with Crippen LogP contribution in [0.5, 0.6) is 0 Å². The molecule has 0 saturated heterocycles. The maximum absolute atomic E-state index is 8.74. The van der Waals surface area contributed by atoms with E-state index in [4.69, 9.17) is 48.3 Å². The van der Waals surface area contributed by atoms with Crippen LogP contribution >= 0.6 is 9.69 Å². The molecule has 0 heterocycles. The standard InChI is InChI=1S/ClH.Cu.2H2O4S.O.3Zn/c;;2*1-5(2,3)4;;;;/h1H;;2*(H2,1,2,3,4);;;;/q;;;;;;;+1/p-1. The summed E-state index contributed by atoms with van der Waals surface area (Å²) in [5, 5.41) is 0. The summed E-state index contributed by atoms with van der Waals surface area (Å²) in [6, 6.07) is 0. The molecule has 0 unspecified atom stereocenters. The predicted octanol–water partition coefficient (Wildman–Crippen LogP) is -0.745. The maximum atomic E-state index is 8.74. The summed E-state index contributed by atoms with van der Waals surface area (Å²) in [4.78, 5) is 0. The Balaban J connectivity index is -0.0000000218. The molecule has 0 atom stereocenters. The third-order valence-electron chi connectivity index (χ3n) is 0. The van der Waals surface area contributed by atoms with Gasteiger partial charge in [-0.2, -0.15) is 16.8 Å². The van der Waals surface area contributed by atoms with Gasteiger partial charge in [-0.05, 0) is 0 Å². The molecular weight excluding hydrogens is 503 g/mol. The van der Waals surface area contributed by atoms with Crippen molar-refractivity contribution in [1.82, 2.24) is 0 Å². The van der Waals surface area contributed by atoms with Crippen molar-refractivity contribution in [3.8, 4) is 0 Å². The molecule has 4 N–H and O–H groups in total. The van der Waals surface area contributed by atoms with Crippen LogP contribution in [0.25, 0.3) is 0 Å². The molecule has 0 fully saturated rings. The fraction of sp³-hybridized carbons (Fsp3) is 0. The van der Waals surface area contributed by atoms with E-state index in [1.807, 2.05) is 0 Å². The Morgan fingerprint density at radius 3 is 0.750 bits per heavy atom. The normalized spacial score (nSPS) is 8.06. The second-order valence-electron chi connectivity index (χ2n) is 0.896. The number of halogens is 1. The Morgan fingerprint density at radius 2 is 0.750 bits per heavy atom. The van der Waals surface area contributed by atoms with Gasteiger partial charge in [0.05, 0.1) is 0 Å². The average Bonchev–Trinajstić information content (AvgIpc) is 1.88. The van der Waals surface area contributed by atoms with Crippen molar-refractivity contribution in [2.75, 3.05) is 0 Å². The van der Waals surface area contributed by atoms with E-state index in [1.165, 1.54) is 0 Å². The van der Waals surface area contributed by atoms with Gasteiger partial charge in [-0.25, -0.2) is 0 Å². The maximum Gasteiger partial charge on any atom is 0 e. The molecule has 0 aromatic rings. The minimum absolute atomic E-state index is 0. The van der Waals surface area contributed by atoms with Crippen LogP contribution in [-0.2, 0) is 96.5 Å². The molecule has 0 aromatic heterocycles. The topological polar surface area (TPSA) is 166 Å². The first kappa shape index (κ1) is 36.2. The largest absolute Gasteiger partial charge is 0 e. The molecule has 0 aliphatic heterocycles. The number of hydrogen-bond acceptors (Lipinski definition) is 5. The Morgan fingerprint density at radius 1 is 0.750 bits per heavy atom. The molecule has 0 saturated carbocycles. The van der Waals surface area contributed by atoms with Gasteiger partial charge in [0.25, 0.3) is 0 Å². The summed E-state index contributed by atoms with van der Waals surface area (Å²) < 4.78 is 71.5. The van der Waals surface area contributed by atoms with Crippen LogP contribution in [0.15, 0.2) is 0 Å². The first-order valence-electron chi connectivity index (χ1n) is 1.95. The average molecular weight is 507 g/mol. The van der Waals surface area contributed by atoms with Crippen molar-refractivity contribution < 1.29 is 111 Å². The van der Waals surface area contributed by atoms with Crippen LogP contribution in [0, 0.1) is 0 Å².